The van der Waals surface area contributed by atoms with Crippen LogP contribution in [-0.2, 0) is 25.5 Å². The summed E-state index contributed by atoms with van der Waals surface area (Å²) in [6.45, 7) is 1.79. The number of benzene rings is 1. The third kappa shape index (κ3) is 20.7. The number of ether oxygens (including phenoxy) is 2. The molecule has 0 radical (unpaired) electrons. The topological polar surface area (TPSA) is 198 Å². The average molecular weight is 767 g/mol. The van der Waals surface area contributed by atoms with Gasteiger partial charge in [0.2, 0.25) is 11.8 Å². The van der Waals surface area contributed by atoms with Gasteiger partial charge in [-0.2, -0.15) is 0 Å². The lowest BCUT2D eigenvalue weighted by atomic mass is 9.99. The molecule has 12 heteroatoms. The summed E-state index contributed by atoms with van der Waals surface area (Å²) in [6, 6.07) is 9.27. The molecule has 2 rings (SSSR count). The summed E-state index contributed by atoms with van der Waals surface area (Å²) < 4.78 is 11.1. The van der Waals surface area contributed by atoms with E-state index in [9.17, 15) is 40.2 Å². The van der Waals surface area contributed by atoms with Crippen LogP contribution in [0.5, 0.6) is 0 Å². The summed E-state index contributed by atoms with van der Waals surface area (Å²) in [4.78, 5) is 25.3. The van der Waals surface area contributed by atoms with Gasteiger partial charge in [-0.1, -0.05) is 127 Å². The summed E-state index contributed by atoms with van der Waals surface area (Å²) in [5, 5.41) is 67.8. The summed E-state index contributed by atoms with van der Waals surface area (Å²) >= 11 is 0. The zero-order valence-corrected chi connectivity index (χ0v) is 33.0. The first-order valence-electron chi connectivity index (χ1n) is 21.1. The minimum atomic E-state index is -1.65. The Labute approximate surface area is 324 Å². The van der Waals surface area contributed by atoms with E-state index in [0.29, 0.717) is 19.4 Å². The van der Waals surface area contributed by atoms with Crippen molar-refractivity contribution in [2.75, 3.05) is 19.8 Å². The summed E-state index contributed by atoms with van der Waals surface area (Å²) in [7, 11) is 0. The van der Waals surface area contributed by atoms with Crippen LogP contribution in [0.1, 0.15) is 147 Å². The van der Waals surface area contributed by atoms with Crippen LogP contribution in [0.15, 0.2) is 30.3 Å². The number of aryl methyl sites for hydroxylation is 1. The van der Waals surface area contributed by atoms with Crippen LogP contribution in [-0.4, -0.2) is 111 Å². The van der Waals surface area contributed by atoms with Crippen LogP contribution in [0, 0.1) is 0 Å². The zero-order chi connectivity index (χ0) is 39.4. The number of nitrogens with one attached hydrogen (secondary N) is 2. The van der Waals surface area contributed by atoms with E-state index in [1.807, 2.05) is 18.2 Å². The number of rotatable bonds is 32. The molecule has 2 amide bonds. The number of carbonyl (C=O) groups is 2. The number of aliphatic hydroxyl groups excluding tert-OH is 6. The van der Waals surface area contributed by atoms with Gasteiger partial charge in [0.15, 0.2) is 6.29 Å². The monoisotopic (exact) mass is 767 g/mol. The zero-order valence-electron chi connectivity index (χ0n) is 33.0. The van der Waals surface area contributed by atoms with Crippen LogP contribution >= 0.6 is 0 Å². The molecule has 1 heterocycles. The fraction of sp³-hybridized carbons (Fsp3) is 0.810. The first-order valence-corrected chi connectivity index (χ1v) is 21.1. The molecule has 0 aliphatic carbocycles. The van der Waals surface area contributed by atoms with Gasteiger partial charge in [-0.05, 0) is 44.1 Å². The van der Waals surface area contributed by atoms with Gasteiger partial charge in [-0.3, -0.25) is 9.59 Å². The largest absolute Gasteiger partial charge is 0.394 e. The van der Waals surface area contributed by atoms with Crippen molar-refractivity contribution < 1.29 is 49.7 Å². The van der Waals surface area contributed by atoms with Crippen LogP contribution in [0.4, 0.5) is 0 Å². The van der Waals surface area contributed by atoms with E-state index in [4.69, 9.17) is 9.47 Å². The average Bonchev–Trinajstić information content (AvgIpc) is 3.17. The molecule has 54 heavy (non-hydrogen) atoms. The second-order valence-corrected chi connectivity index (χ2v) is 15.1. The standard InChI is InChI=1S/C42H74N2O10/c1-2-3-4-5-6-7-8-9-10-11-12-13-20-27-37(48)44-33(31-53-42-41(52)40(51)39(50)35(30-45)54-42)38(49)34(46)26-22-28-36(47)43-29-21-15-14-17-23-32-24-18-16-19-25-32/h16,18-19,24-25,33-35,38-42,45-46,49-52H,2-15,17,20-23,26-31H2,1H3,(H,43,47)(H,44,48)/t33-,34+,35+,38-,39-,40-,41+,42-/m0/s1. The fourth-order valence-corrected chi connectivity index (χ4v) is 6.89. The maximum atomic E-state index is 12.9. The van der Waals surface area contributed by atoms with Crippen molar-refractivity contribution in [3.05, 3.63) is 35.9 Å². The number of carbonyl (C=O) groups excluding carboxylic acids is 2. The Balaban J connectivity index is 1.73. The van der Waals surface area contributed by atoms with E-state index in [2.05, 4.69) is 29.7 Å². The number of unbranched alkanes of at least 4 members (excludes halogenated alkanes) is 15. The van der Waals surface area contributed by atoms with Gasteiger partial charge in [0, 0.05) is 19.4 Å². The molecule has 0 saturated carbocycles. The minimum absolute atomic E-state index is 0.0966. The third-order valence-electron chi connectivity index (χ3n) is 10.4. The lowest BCUT2D eigenvalue weighted by Gasteiger charge is -2.40. The second kappa shape index (κ2) is 30.0. The fourth-order valence-electron chi connectivity index (χ4n) is 6.89. The first-order chi connectivity index (χ1) is 26.2. The van der Waals surface area contributed by atoms with Gasteiger partial charge < -0.3 is 50.7 Å². The Hall–Kier alpha value is -2.16. The van der Waals surface area contributed by atoms with Gasteiger partial charge >= 0.3 is 0 Å². The SMILES string of the molecule is CCCCCCCCCCCCCCCC(=O)N[C@@H](CO[C@H]1O[C@H](CO)[C@H](O)[C@H](O)[C@H]1O)[C@H](O)[C@H](O)CCCC(=O)NCCCCCCc1ccccc1. The number of aliphatic hydroxyl groups is 6. The Kier molecular flexibility index (Phi) is 26.7. The quantitative estimate of drug-likeness (QED) is 0.0481. The summed E-state index contributed by atoms with van der Waals surface area (Å²) in [5.74, 6) is -0.458. The van der Waals surface area contributed by atoms with Gasteiger partial charge in [-0.15, -0.1) is 0 Å². The van der Waals surface area contributed by atoms with E-state index >= 15 is 0 Å². The molecule has 1 fully saturated rings. The Morgan fingerprint density at radius 1 is 0.722 bits per heavy atom. The molecule has 0 bridgehead atoms. The molecule has 1 aliphatic heterocycles. The normalized spacial score (nSPS) is 21.7. The van der Waals surface area contributed by atoms with Crippen molar-refractivity contribution in [2.45, 2.75) is 197 Å². The highest BCUT2D eigenvalue weighted by Gasteiger charge is 2.44. The van der Waals surface area contributed by atoms with Crippen LogP contribution < -0.4 is 10.6 Å². The highest BCUT2D eigenvalue weighted by atomic mass is 16.7. The van der Waals surface area contributed by atoms with E-state index in [1.54, 1.807) is 0 Å². The molecule has 312 valence electrons. The number of amides is 2. The predicted octanol–water partition coefficient (Wildman–Crippen LogP) is 4.58. The van der Waals surface area contributed by atoms with Crippen LogP contribution in [0.2, 0.25) is 0 Å². The van der Waals surface area contributed by atoms with Crippen molar-refractivity contribution in [2.24, 2.45) is 0 Å². The van der Waals surface area contributed by atoms with Gasteiger partial charge in [0.05, 0.1) is 25.4 Å². The second-order valence-electron chi connectivity index (χ2n) is 15.1. The molecule has 0 aromatic heterocycles. The van der Waals surface area contributed by atoms with Crippen molar-refractivity contribution in [1.82, 2.24) is 10.6 Å². The third-order valence-corrected chi connectivity index (χ3v) is 10.4. The lowest BCUT2D eigenvalue weighted by Crippen LogP contribution is -2.60. The minimum Gasteiger partial charge on any atom is -0.394 e. The number of hydrogen-bond donors (Lipinski definition) is 8. The van der Waals surface area contributed by atoms with Crippen LogP contribution in [0.3, 0.4) is 0 Å². The Bertz CT molecular complexity index is 1080. The summed E-state index contributed by atoms with van der Waals surface area (Å²) in [6.07, 6.45) is 11.1. The smallest absolute Gasteiger partial charge is 0.220 e. The molecule has 1 aromatic carbocycles. The molecule has 1 saturated heterocycles. The van der Waals surface area contributed by atoms with Gasteiger partial charge in [0.1, 0.15) is 30.5 Å². The highest BCUT2D eigenvalue weighted by molar-refractivity contribution is 5.76. The molecule has 0 unspecified atom stereocenters. The molecule has 0 spiro atoms. The predicted molar refractivity (Wildman–Crippen MR) is 209 cm³/mol. The van der Waals surface area contributed by atoms with Crippen molar-refractivity contribution >= 4 is 11.8 Å². The lowest BCUT2D eigenvalue weighted by molar-refractivity contribution is -0.303. The van der Waals surface area contributed by atoms with E-state index in [0.717, 1.165) is 51.4 Å². The Morgan fingerprint density at radius 3 is 1.93 bits per heavy atom. The maximum absolute atomic E-state index is 12.9. The molecule has 1 aromatic rings. The van der Waals surface area contributed by atoms with Crippen molar-refractivity contribution in [3.8, 4) is 0 Å². The highest BCUT2D eigenvalue weighted by Crippen LogP contribution is 2.23. The Morgan fingerprint density at radius 2 is 1.30 bits per heavy atom. The molecule has 8 atom stereocenters. The van der Waals surface area contributed by atoms with Crippen molar-refractivity contribution in [3.63, 3.8) is 0 Å². The molecular weight excluding hydrogens is 692 g/mol. The van der Waals surface area contributed by atoms with E-state index < -0.39 is 62.2 Å². The molecule has 8 N–H and O–H groups in total. The summed E-state index contributed by atoms with van der Waals surface area (Å²) in [5.41, 5.74) is 1.33. The van der Waals surface area contributed by atoms with E-state index in [-0.39, 0.29) is 31.1 Å². The maximum Gasteiger partial charge on any atom is 0.220 e. The molecule has 12 nitrogen and oxygen atoms in total. The van der Waals surface area contributed by atoms with Crippen LogP contribution in [0.25, 0.3) is 0 Å². The van der Waals surface area contributed by atoms with Gasteiger partial charge in [0.25, 0.3) is 0 Å². The van der Waals surface area contributed by atoms with E-state index in [1.165, 1.54) is 63.4 Å². The molecule has 1 aliphatic rings. The number of hydrogen-bond acceptors (Lipinski definition) is 10. The molecular formula is C42H74N2O10. The van der Waals surface area contributed by atoms with Gasteiger partial charge in [-0.25, -0.2) is 0 Å². The van der Waals surface area contributed by atoms with Crippen molar-refractivity contribution in [1.29, 1.82) is 0 Å². The first kappa shape index (κ1) is 48.0.